The van der Waals surface area contributed by atoms with E-state index in [1.54, 1.807) is 0 Å². The Balaban J connectivity index is 2.26. The van der Waals surface area contributed by atoms with Gasteiger partial charge in [-0.15, -0.1) is 0 Å². The van der Waals surface area contributed by atoms with Gasteiger partial charge in [-0.25, -0.2) is 0 Å². The van der Waals surface area contributed by atoms with E-state index in [1.807, 2.05) is 0 Å². The number of rotatable bonds is 1. The normalized spacial score (nSPS) is 18.1. The van der Waals surface area contributed by atoms with E-state index in [1.165, 1.54) is 40.2 Å². The van der Waals surface area contributed by atoms with Crippen molar-refractivity contribution in [2.75, 3.05) is 0 Å². The molecule has 0 bridgehead atoms. The number of halogens is 1. The van der Waals surface area contributed by atoms with Crippen LogP contribution in [0.2, 0.25) is 0 Å². The Kier molecular flexibility index (Phi) is 3.51. The Hall–Kier alpha value is -1.06. The van der Waals surface area contributed by atoms with Gasteiger partial charge in [0.2, 0.25) is 0 Å². The average Bonchev–Trinajstić information content (AvgIpc) is 2.67. The summed E-state index contributed by atoms with van der Waals surface area (Å²) in [4.78, 5) is 0. The van der Waals surface area contributed by atoms with Crippen molar-refractivity contribution < 1.29 is 0 Å². The highest BCUT2D eigenvalue weighted by Crippen LogP contribution is 2.36. The third-order valence-electron chi connectivity index (χ3n) is 4.27. The zero-order valence-electron chi connectivity index (χ0n) is 12.3. The van der Waals surface area contributed by atoms with Gasteiger partial charge >= 0.3 is 0 Å². The summed E-state index contributed by atoms with van der Waals surface area (Å²) in [5.74, 6) is 0. The molecule has 1 aromatic carbocycles. The summed E-state index contributed by atoms with van der Waals surface area (Å²) in [5.41, 5.74) is 14.1. The summed E-state index contributed by atoms with van der Waals surface area (Å²) in [6, 6.07) is 6.90. The van der Waals surface area contributed by atoms with Crippen LogP contribution in [0, 0.1) is 20.8 Å². The predicted octanol–water partition coefficient (Wildman–Crippen LogP) is 4.50. The van der Waals surface area contributed by atoms with Crippen molar-refractivity contribution >= 4 is 15.9 Å². The van der Waals surface area contributed by atoms with E-state index >= 15 is 0 Å². The molecule has 0 saturated carbocycles. The van der Waals surface area contributed by atoms with Crippen LogP contribution in [0.25, 0.3) is 5.69 Å². The molecule has 0 saturated heterocycles. The molecule has 0 amide bonds. The lowest BCUT2D eigenvalue weighted by Crippen LogP contribution is -2.18. The van der Waals surface area contributed by atoms with Crippen LogP contribution in [0.3, 0.4) is 0 Å². The lowest BCUT2D eigenvalue weighted by Gasteiger charge is -2.23. The summed E-state index contributed by atoms with van der Waals surface area (Å²) in [7, 11) is 0. The van der Waals surface area contributed by atoms with Crippen molar-refractivity contribution in [3.05, 3.63) is 50.8 Å². The molecule has 0 aliphatic heterocycles. The molecular formula is C17H21BrN2. The van der Waals surface area contributed by atoms with Crippen LogP contribution in [-0.2, 0) is 6.42 Å². The Bertz CT molecular complexity index is 647. The minimum Gasteiger partial charge on any atom is -0.324 e. The fraction of sp³-hybridized carbons (Fsp3) is 0.412. The second-order valence-electron chi connectivity index (χ2n) is 5.93. The number of hydrogen-bond donors (Lipinski definition) is 1. The Morgan fingerprint density at radius 3 is 2.65 bits per heavy atom. The van der Waals surface area contributed by atoms with E-state index < -0.39 is 0 Å². The van der Waals surface area contributed by atoms with Gasteiger partial charge in [0.25, 0.3) is 0 Å². The summed E-state index contributed by atoms with van der Waals surface area (Å²) in [6.45, 7) is 6.49. The fourth-order valence-electron chi connectivity index (χ4n) is 3.44. The van der Waals surface area contributed by atoms with Gasteiger partial charge in [-0.3, -0.25) is 0 Å². The first-order valence-electron chi connectivity index (χ1n) is 7.23. The number of aryl methyl sites for hydroxylation is 3. The number of benzene rings is 1. The van der Waals surface area contributed by atoms with Gasteiger partial charge in [0.15, 0.2) is 0 Å². The molecule has 2 aromatic rings. The minimum atomic E-state index is 0.197. The maximum atomic E-state index is 6.28. The topological polar surface area (TPSA) is 30.9 Å². The van der Waals surface area contributed by atoms with Crippen LogP contribution in [-0.4, -0.2) is 4.57 Å². The fourth-order valence-corrected chi connectivity index (χ4v) is 4.29. The molecule has 20 heavy (non-hydrogen) atoms. The van der Waals surface area contributed by atoms with Crippen molar-refractivity contribution in [2.45, 2.75) is 46.1 Å². The molecule has 1 unspecified atom stereocenters. The first-order chi connectivity index (χ1) is 9.49. The monoisotopic (exact) mass is 332 g/mol. The lowest BCUT2D eigenvalue weighted by molar-refractivity contribution is 0.559. The van der Waals surface area contributed by atoms with E-state index in [0.717, 1.165) is 17.3 Å². The molecule has 2 N–H and O–H groups in total. The molecule has 1 aliphatic rings. The molecular weight excluding hydrogens is 312 g/mol. The Morgan fingerprint density at radius 1 is 1.20 bits per heavy atom. The Morgan fingerprint density at radius 2 is 1.95 bits per heavy atom. The van der Waals surface area contributed by atoms with E-state index in [-0.39, 0.29) is 6.04 Å². The van der Waals surface area contributed by atoms with Gasteiger partial charge in [0.1, 0.15) is 0 Å². The zero-order chi connectivity index (χ0) is 14.4. The molecule has 1 heterocycles. The molecule has 1 aromatic heterocycles. The summed E-state index contributed by atoms with van der Waals surface area (Å²) in [6.07, 6.45) is 3.40. The second kappa shape index (κ2) is 5.05. The highest BCUT2D eigenvalue weighted by molar-refractivity contribution is 9.10. The maximum Gasteiger partial charge on any atom is 0.0626 e. The van der Waals surface area contributed by atoms with Crippen LogP contribution < -0.4 is 5.73 Å². The smallest absolute Gasteiger partial charge is 0.0626 e. The molecule has 2 nitrogen and oxygen atoms in total. The van der Waals surface area contributed by atoms with Crippen LogP contribution in [0.1, 0.15) is 47.0 Å². The van der Waals surface area contributed by atoms with Gasteiger partial charge in [-0.05, 0) is 84.8 Å². The summed E-state index contributed by atoms with van der Waals surface area (Å²) >= 11 is 3.74. The van der Waals surface area contributed by atoms with Gasteiger partial charge in [-0.2, -0.15) is 0 Å². The quantitative estimate of drug-likeness (QED) is 0.818. The largest absolute Gasteiger partial charge is 0.324 e. The molecule has 0 spiro atoms. The maximum absolute atomic E-state index is 6.28. The van der Waals surface area contributed by atoms with Crippen LogP contribution in [0.4, 0.5) is 0 Å². The SMILES string of the molecule is Cc1cc(C)c(-n2c(C)cc3c2CCCC3N)c(Br)c1. The third kappa shape index (κ3) is 2.13. The van der Waals surface area contributed by atoms with Crippen LogP contribution in [0.5, 0.6) is 0 Å². The van der Waals surface area contributed by atoms with Crippen molar-refractivity contribution in [1.82, 2.24) is 4.57 Å². The zero-order valence-corrected chi connectivity index (χ0v) is 13.9. The van der Waals surface area contributed by atoms with Gasteiger partial charge in [0, 0.05) is 21.9 Å². The number of aromatic nitrogens is 1. The van der Waals surface area contributed by atoms with Gasteiger partial charge in [0.05, 0.1) is 5.69 Å². The molecule has 106 valence electrons. The Labute approximate surface area is 129 Å². The van der Waals surface area contributed by atoms with Crippen molar-refractivity contribution in [1.29, 1.82) is 0 Å². The second-order valence-corrected chi connectivity index (χ2v) is 6.79. The molecule has 1 aliphatic carbocycles. The molecule has 3 heteroatoms. The predicted molar refractivity (Wildman–Crippen MR) is 87.5 cm³/mol. The van der Waals surface area contributed by atoms with E-state index in [9.17, 15) is 0 Å². The van der Waals surface area contributed by atoms with E-state index in [2.05, 4.69) is 59.5 Å². The van der Waals surface area contributed by atoms with Gasteiger partial charge in [-0.1, -0.05) is 6.07 Å². The number of nitrogens with two attached hydrogens (primary N) is 1. The van der Waals surface area contributed by atoms with Crippen LogP contribution in [0.15, 0.2) is 22.7 Å². The van der Waals surface area contributed by atoms with Gasteiger partial charge < -0.3 is 10.3 Å². The van der Waals surface area contributed by atoms with E-state index in [4.69, 9.17) is 5.73 Å². The van der Waals surface area contributed by atoms with Crippen molar-refractivity contribution in [2.24, 2.45) is 5.73 Å². The first kappa shape index (κ1) is 13.9. The van der Waals surface area contributed by atoms with Crippen LogP contribution >= 0.6 is 15.9 Å². The highest BCUT2D eigenvalue weighted by atomic mass is 79.9. The lowest BCUT2D eigenvalue weighted by atomic mass is 9.93. The van der Waals surface area contributed by atoms with Crippen molar-refractivity contribution in [3.63, 3.8) is 0 Å². The molecule has 0 fully saturated rings. The standard InChI is InChI=1S/C17H21BrN2/c1-10-7-11(2)17(14(18)8-10)20-12(3)9-13-15(19)5-4-6-16(13)20/h7-9,15H,4-6,19H2,1-3H3. The van der Waals surface area contributed by atoms with E-state index in [0.29, 0.717) is 0 Å². The number of hydrogen-bond acceptors (Lipinski definition) is 1. The third-order valence-corrected chi connectivity index (χ3v) is 4.87. The summed E-state index contributed by atoms with van der Waals surface area (Å²) < 4.78 is 3.56. The summed E-state index contributed by atoms with van der Waals surface area (Å²) in [5, 5.41) is 0. The highest BCUT2D eigenvalue weighted by Gasteiger charge is 2.24. The minimum absolute atomic E-state index is 0.197. The molecule has 1 atom stereocenters. The first-order valence-corrected chi connectivity index (χ1v) is 8.02. The van der Waals surface area contributed by atoms with Crippen molar-refractivity contribution in [3.8, 4) is 5.69 Å². The molecule has 3 rings (SSSR count). The number of nitrogens with zero attached hydrogens (tertiary/aromatic N) is 1. The number of fused-ring (bicyclic) bond motifs is 1. The molecule has 0 radical (unpaired) electrons. The average molecular weight is 333 g/mol.